The fourth-order valence-electron chi connectivity index (χ4n) is 7.41. The van der Waals surface area contributed by atoms with Gasteiger partial charge < -0.3 is 33.3 Å². The van der Waals surface area contributed by atoms with Crippen LogP contribution in [0.2, 0.25) is 10.0 Å². The molecule has 320 valence electrons. The molecule has 0 spiro atoms. The molecule has 0 atom stereocenters. The first kappa shape index (κ1) is 47.6. The van der Waals surface area contributed by atoms with Crippen LogP contribution in [0.5, 0.6) is 0 Å². The van der Waals surface area contributed by atoms with E-state index in [1.165, 1.54) is 0 Å². The summed E-state index contributed by atoms with van der Waals surface area (Å²) in [6, 6.07) is 43.8. The average molecular weight is 896 g/mol. The van der Waals surface area contributed by atoms with Gasteiger partial charge in [-0.15, -0.1) is 20.6 Å². The Morgan fingerprint density at radius 2 is 0.900 bits per heavy atom. The standard InChI is InChI=1S/C46H53BCl2O9S2/c48-42-21-10-13-37(33-42)44(54)35-59(29-24-50,30-25-51)57-47(58-60(31-26-52,32-27-53)36-45(55)38-14-11-22-43(49)34-38)56-28-12-23-46(39-15-4-1-5-16-39,40-17-6-2-7-18-40)41-19-8-3-9-20-41/h1-11,13-22,33-34,50-53H,12,23-32,35-36H2. The van der Waals surface area contributed by atoms with E-state index >= 15 is 0 Å². The van der Waals surface area contributed by atoms with Crippen molar-refractivity contribution in [2.45, 2.75) is 18.3 Å². The third-order valence-corrected chi connectivity index (χ3v) is 17.1. The third-order valence-electron chi connectivity index (χ3n) is 10.2. The molecule has 9 nitrogen and oxygen atoms in total. The Morgan fingerprint density at radius 1 is 0.533 bits per heavy atom. The minimum atomic E-state index is -2.70. The Balaban J connectivity index is 1.53. The van der Waals surface area contributed by atoms with Gasteiger partial charge in [0.1, 0.15) is 0 Å². The number of Topliss-reactive ketones (excluding diaryl/α,β-unsaturated/α-hetero) is 2. The molecule has 0 bridgehead atoms. The van der Waals surface area contributed by atoms with Crippen LogP contribution in [0, 0.1) is 0 Å². The average Bonchev–Trinajstić information content (AvgIpc) is 3.25. The number of carbonyl (C=O) groups is 2. The molecular formula is C46H53BCl2O9S2. The lowest BCUT2D eigenvalue weighted by Gasteiger charge is -2.44. The zero-order valence-electron chi connectivity index (χ0n) is 33.5. The summed E-state index contributed by atoms with van der Waals surface area (Å²) in [6.45, 7) is -1.37. The Labute approximate surface area is 366 Å². The van der Waals surface area contributed by atoms with Gasteiger partial charge >= 0.3 is 7.32 Å². The monoisotopic (exact) mass is 894 g/mol. The summed E-state index contributed by atoms with van der Waals surface area (Å²) < 4.78 is 20.1. The molecule has 0 aliphatic heterocycles. The van der Waals surface area contributed by atoms with Gasteiger partial charge in [-0.1, -0.05) is 138 Å². The van der Waals surface area contributed by atoms with Gasteiger partial charge in [0.25, 0.3) is 0 Å². The number of aliphatic hydroxyl groups is 4. The highest BCUT2D eigenvalue weighted by Gasteiger charge is 2.42. The summed E-state index contributed by atoms with van der Waals surface area (Å²) in [5.74, 6) is -0.990. The van der Waals surface area contributed by atoms with Gasteiger partial charge in [0.2, 0.25) is 0 Å². The molecule has 0 unspecified atom stereocenters. The van der Waals surface area contributed by atoms with E-state index in [4.69, 9.17) is 36.1 Å². The van der Waals surface area contributed by atoms with Crippen LogP contribution >= 0.6 is 43.8 Å². The maximum absolute atomic E-state index is 13.9. The van der Waals surface area contributed by atoms with E-state index in [0.29, 0.717) is 34.0 Å². The molecule has 4 N–H and O–H groups in total. The molecule has 0 aliphatic carbocycles. The van der Waals surface area contributed by atoms with Crippen molar-refractivity contribution in [3.05, 3.63) is 177 Å². The van der Waals surface area contributed by atoms with Gasteiger partial charge in [0.05, 0.1) is 37.9 Å². The van der Waals surface area contributed by atoms with Gasteiger partial charge in [0, 0.05) is 56.2 Å². The molecule has 0 radical (unpaired) electrons. The highest BCUT2D eigenvalue weighted by Crippen LogP contribution is 2.55. The lowest BCUT2D eigenvalue weighted by atomic mass is 9.67. The minimum Gasteiger partial charge on any atom is -0.395 e. The summed E-state index contributed by atoms with van der Waals surface area (Å²) in [4.78, 5) is 27.7. The zero-order valence-corrected chi connectivity index (χ0v) is 36.6. The van der Waals surface area contributed by atoms with Crippen molar-refractivity contribution in [3.63, 3.8) is 0 Å². The number of aliphatic hydroxyl groups excluding tert-OH is 4. The summed E-state index contributed by atoms with van der Waals surface area (Å²) in [5, 5.41) is 42.3. The van der Waals surface area contributed by atoms with Crippen molar-refractivity contribution in [1.29, 1.82) is 0 Å². The first-order valence-corrected chi connectivity index (χ1v) is 24.7. The van der Waals surface area contributed by atoms with Crippen LogP contribution in [0.4, 0.5) is 0 Å². The molecule has 14 heteroatoms. The van der Waals surface area contributed by atoms with E-state index < -0.39 is 33.4 Å². The molecule has 5 aromatic carbocycles. The first-order valence-electron chi connectivity index (χ1n) is 19.8. The van der Waals surface area contributed by atoms with Crippen molar-refractivity contribution in [1.82, 2.24) is 0 Å². The molecule has 0 saturated heterocycles. The van der Waals surface area contributed by atoms with Crippen LogP contribution in [0.3, 0.4) is 0 Å². The van der Waals surface area contributed by atoms with Crippen molar-refractivity contribution >= 4 is 62.7 Å². The molecule has 5 aromatic rings. The van der Waals surface area contributed by atoms with Crippen LogP contribution in [-0.2, 0) is 18.3 Å². The Morgan fingerprint density at radius 3 is 1.23 bits per heavy atom. The Kier molecular flexibility index (Phi) is 18.7. The van der Waals surface area contributed by atoms with Gasteiger partial charge in [-0.2, -0.15) is 0 Å². The van der Waals surface area contributed by atoms with Gasteiger partial charge in [0.15, 0.2) is 11.6 Å². The molecule has 0 aliphatic rings. The largest absolute Gasteiger partial charge is 0.660 e. The van der Waals surface area contributed by atoms with E-state index in [1.807, 2.05) is 54.6 Å². The van der Waals surface area contributed by atoms with E-state index in [2.05, 4.69) is 36.4 Å². The highest BCUT2D eigenvalue weighted by molar-refractivity contribution is 8.32. The van der Waals surface area contributed by atoms with Crippen LogP contribution in [-0.4, -0.2) is 107 Å². The van der Waals surface area contributed by atoms with Crippen LogP contribution in [0.15, 0.2) is 140 Å². The van der Waals surface area contributed by atoms with E-state index in [0.717, 1.165) is 16.7 Å². The van der Waals surface area contributed by atoms with Gasteiger partial charge in [-0.25, -0.2) is 0 Å². The molecular weight excluding hydrogens is 842 g/mol. The van der Waals surface area contributed by atoms with Crippen LogP contribution in [0.25, 0.3) is 0 Å². The predicted octanol–water partition coefficient (Wildman–Crippen LogP) is 8.32. The fourth-order valence-corrected chi connectivity index (χ4v) is 12.8. The second-order valence-electron chi connectivity index (χ2n) is 14.3. The quantitative estimate of drug-likeness (QED) is 0.0187. The molecule has 5 rings (SSSR count). The Bertz CT molecular complexity index is 1890. The van der Waals surface area contributed by atoms with Crippen molar-refractivity contribution in [3.8, 4) is 0 Å². The number of hydrogen-bond donors (Lipinski definition) is 4. The molecule has 0 amide bonds. The second kappa shape index (κ2) is 23.6. The number of rotatable bonds is 26. The fraction of sp³-hybridized carbons (Fsp3) is 0.304. The van der Waals surface area contributed by atoms with Crippen molar-refractivity contribution < 1.29 is 42.9 Å². The number of carbonyl (C=O) groups excluding carboxylic acids is 2. The third kappa shape index (κ3) is 12.8. The topological polar surface area (TPSA) is 143 Å². The summed E-state index contributed by atoms with van der Waals surface area (Å²) in [7, 11) is -6.91. The first-order chi connectivity index (χ1) is 29.1. The molecule has 60 heavy (non-hydrogen) atoms. The number of benzene rings is 5. The van der Waals surface area contributed by atoms with E-state index in [1.54, 1.807) is 48.5 Å². The Hall–Kier alpha value is -3.50. The number of ketones is 2. The summed E-state index contributed by atoms with van der Waals surface area (Å²) in [6.07, 6.45) is 1.07. The van der Waals surface area contributed by atoms with E-state index in [9.17, 15) is 30.0 Å². The normalized spacial score (nSPS) is 12.6. The predicted molar refractivity (Wildman–Crippen MR) is 247 cm³/mol. The lowest BCUT2D eigenvalue weighted by molar-refractivity contribution is 0.101. The molecule has 0 aromatic heterocycles. The van der Waals surface area contributed by atoms with Gasteiger partial charge in [-0.3, -0.25) is 9.59 Å². The lowest BCUT2D eigenvalue weighted by Crippen LogP contribution is -2.39. The second-order valence-corrected chi connectivity index (χ2v) is 21.6. The maximum atomic E-state index is 13.9. The van der Waals surface area contributed by atoms with Crippen molar-refractivity contribution in [2.24, 2.45) is 0 Å². The molecule has 0 fully saturated rings. The minimum absolute atomic E-state index is 0.00595. The highest BCUT2D eigenvalue weighted by atomic mass is 35.5. The molecule has 0 saturated carbocycles. The van der Waals surface area contributed by atoms with Crippen molar-refractivity contribution in [2.75, 3.05) is 67.6 Å². The van der Waals surface area contributed by atoms with Crippen LogP contribution < -0.4 is 0 Å². The maximum Gasteiger partial charge on any atom is 0.660 e. The zero-order chi connectivity index (χ0) is 42.9. The number of halogens is 2. The number of hydrogen-bond acceptors (Lipinski definition) is 9. The SMILES string of the molecule is O=C(CS(CCO)(CCO)OB(OCCCC(c1ccccc1)(c1ccccc1)c1ccccc1)OS(CCO)(CCO)CC(=O)c1cccc(Cl)c1)c1cccc(Cl)c1. The van der Waals surface area contributed by atoms with Crippen LogP contribution in [0.1, 0.15) is 50.2 Å². The van der Waals surface area contributed by atoms with E-state index in [-0.39, 0.29) is 79.1 Å². The smallest absolute Gasteiger partial charge is 0.395 e. The van der Waals surface area contributed by atoms with Gasteiger partial charge in [-0.05, 0) is 53.8 Å². The summed E-state index contributed by atoms with van der Waals surface area (Å²) in [5.41, 5.74) is 3.37. The molecule has 0 heterocycles. The summed E-state index contributed by atoms with van der Waals surface area (Å²) >= 11 is 12.5.